The van der Waals surface area contributed by atoms with Crippen LogP contribution in [0, 0.1) is 6.92 Å². The molecule has 0 atom stereocenters. The minimum atomic E-state index is 0.708. The minimum Gasteiger partial charge on any atom is -0.397 e. The number of piperazine rings is 1. The van der Waals surface area contributed by atoms with Gasteiger partial charge in [0.25, 0.3) is 0 Å². The Bertz CT molecular complexity index is 573. The van der Waals surface area contributed by atoms with E-state index in [1.807, 2.05) is 24.5 Å². The lowest BCUT2D eigenvalue weighted by Gasteiger charge is -2.37. The Balaban J connectivity index is 1.68. The van der Waals surface area contributed by atoms with Crippen molar-refractivity contribution in [1.82, 2.24) is 9.97 Å². The zero-order valence-electron chi connectivity index (χ0n) is 11.7. The van der Waals surface area contributed by atoms with Crippen molar-refractivity contribution in [2.24, 2.45) is 0 Å². The average molecular weight is 269 g/mol. The molecular formula is C15H19N5. The maximum absolute atomic E-state index is 5.68. The highest BCUT2D eigenvalue weighted by Crippen LogP contribution is 2.21. The standard InChI is InChI=1S/C15H19N5/c1-12-10-17-5-4-14(12)19-6-8-20(9-7-19)15-3-2-13(16)11-18-15/h2-5,10-11H,6-9,16H2,1H3. The number of rotatable bonds is 2. The van der Waals surface area contributed by atoms with Crippen LogP contribution in [0.1, 0.15) is 5.56 Å². The molecule has 1 saturated heterocycles. The molecule has 0 amide bonds. The maximum atomic E-state index is 5.68. The van der Waals surface area contributed by atoms with E-state index in [9.17, 15) is 0 Å². The summed E-state index contributed by atoms with van der Waals surface area (Å²) >= 11 is 0. The van der Waals surface area contributed by atoms with Gasteiger partial charge < -0.3 is 15.5 Å². The van der Waals surface area contributed by atoms with Gasteiger partial charge in [-0.05, 0) is 30.7 Å². The highest BCUT2D eigenvalue weighted by Gasteiger charge is 2.19. The van der Waals surface area contributed by atoms with E-state index in [0.717, 1.165) is 32.0 Å². The van der Waals surface area contributed by atoms with Crippen LogP contribution in [-0.4, -0.2) is 36.1 Å². The highest BCUT2D eigenvalue weighted by atomic mass is 15.3. The van der Waals surface area contributed by atoms with Crippen LogP contribution >= 0.6 is 0 Å². The SMILES string of the molecule is Cc1cnccc1N1CCN(c2ccc(N)cn2)CC1. The van der Waals surface area contributed by atoms with Crippen LogP contribution in [0.3, 0.4) is 0 Å². The smallest absolute Gasteiger partial charge is 0.128 e. The molecule has 3 heterocycles. The number of nitrogens with two attached hydrogens (primary N) is 1. The molecule has 3 rings (SSSR count). The summed E-state index contributed by atoms with van der Waals surface area (Å²) in [7, 11) is 0. The second-order valence-electron chi connectivity index (χ2n) is 5.09. The number of nitrogens with zero attached hydrogens (tertiary/aromatic N) is 4. The first-order valence-corrected chi connectivity index (χ1v) is 6.86. The van der Waals surface area contributed by atoms with Gasteiger partial charge in [0.2, 0.25) is 0 Å². The summed E-state index contributed by atoms with van der Waals surface area (Å²) in [4.78, 5) is 13.2. The predicted molar refractivity (Wildman–Crippen MR) is 82.0 cm³/mol. The predicted octanol–water partition coefficient (Wildman–Crippen LogP) is 1.69. The van der Waals surface area contributed by atoms with Crippen LogP contribution in [0.4, 0.5) is 17.2 Å². The van der Waals surface area contributed by atoms with Crippen molar-refractivity contribution in [3.8, 4) is 0 Å². The van der Waals surface area contributed by atoms with Crippen molar-refractivity contribution in [2.75, 3.05) is 41.7 Å². The lowest BCUT2D eigenvalue weighted by Crippen LogP contribution is -2.47. The summed E-state index contributed by atoms with van der Waals surface area (Å²) in [5.74, 6) is 1.00. The molecule has 0 aromatic carbocycles. The fourth-order valence-electron chi connectivity index (χ4n) is 2.58. The van der Waals surface area contributed by atoms with Crippen molar-refractivity contribution in [1.29, 1.82) is 0 Å². The number of aryl methyl sites for hydroxylation is 1. The van der Waals surface area contributed by atoms with Crippen LogP contribution in [0.15, 0.2) is 36.8 Å². The first-order chi connectivity index (χ1) is 9.74. The van der Waals surface area contributed by atoms with E-state index in [1.165, 1.54) is 11.3 Å². The number of hydrogen-bond acceptors (Lipinski definition) is 5. The molecular weight excluding hydrogens is 250 g/mol. The van der Waals surface area contributed by atoms with Gasteiger partial charge in [0.15, 0.2) is 0 Å². The summed E-state index contributed by atoms with van der Waals surface area (Å²) in [5.41, 5.74) is 8.89. The monoisotopic (exact) mass is 269 g/mol. The quantitative estimate of drug-likeness (QED) is 0.899. The molecule has 0 saturated carbocycles. The Morgan fingerprint density at radius 3 is 2.40 bits per heavy atom. The summed E-state index contributed by atoms with van der Waals surface area (Å²) in [6, 6.07) is 5.98. The third-order valence-electron chi connectivity index (χ3n) is 3.71. The fourth-order valence-corrected chi connectivity index (χ4v) is 2.58. The fraction of sp³-hybridized carbons (Fsp3) is 0.333. The van der Waals surface area contributed by atoms with Crippen LogP contribution in [0.25, 0.3) is 0 Å². The molecule has 1 fully saturated rings. The highest BCUT2D eigenvalue weighted by molar-refractivity contribution is 5.54. The Labute approximate surface area is 119 Å². The number of hydrogen-bond donors (Lipinski definition) is 1. The summed E-state index contributed by atoms with van der Waals surface area (Å²) in [6.45, 7) is 6.04. The van der Waals surface area contributed by atoms with Gasteiger partial charge in [-0.1, -0.05) is 0 Å². The minimum absolute atomic E-state index is 0.708. The molecule has 1 aliphatic rings. The number of anilines is 3. The Morgan fingerprint density at radius 2 is 1.75 bits per heavy atom. The van der Waals surface area contributed by atoms with Crippen LogP contribution in [-0.2, 0) is 0 Å². The summed E-state index contributed by atoms with van der Waals surface area (Å²) in [6.07, 6.45) is 5.49. The second kappa shape index (κ2) is 5.36. The average Bonchev–Trinajstić information content (AvgIpc) is 2.49. The van der Waals surface area contributed by atoms with E-state index in [2.05, 4.69) is 32.8 Å². The van der Waals surface area contributed by atoms with Gasteiger partial charge in [0.1, 0.15) is 5.82 Å². The second-order valence-corrected chi connectivity index (χ2v) is 5.09. The van der Waals surface area contributed by atoms with E-state index in [1.54, 1.807) is 6.20 Å². The zero-order chi connectivity index (χ0) is 13.9. The molecule has 0 spiro atoms. The van der Waals surface area contributed by atoms with Crippen molar-refractivity contribution in [2.45, 2.75) is 6.92 Å². The number of aromatic nitrogens is 2. The molecule has 0 radical (unpaired) electrons. The van der Waals surface area contributed by atoms with Crippen molar-refractivity contribution in [3.05, 3.63) is 42.4 Å². The Kier molecular flexibility index (Phi) is 3.41. The van der Waals surface area contributed by atoms with Crippen molar-refractivity contribution < 1.29 is 0 Å². The summed E-state index contributed by atoms with van der Waals surface area (Å²) in [5, 5.41) is 0. The third-order valence-corrected chi connectivity index (χ3v) is 3.71. The Hall–Kier alpha value is -2.30. The van der Waals surface area contributed by atoms with Gasteiger partial charge >= 0.3 is 0 Å². The molecule has 5 nitrogen and oxygen atoms in total. The van der Waals surface area contributed by atoms with Gasteiger partial charge in [-0.15, -0.1) is 0 Å². The molecule has 5 heteroatoms. The maximum Gasteiger partial charge on any atom is 0.128 e. The first-order valence-electron chi connectivity index (χ1n) is 6.86. The van der Waals surface area contributed by atoms with Crippen molar-refractivity contribution in [3.63, 3.8) is 0 Å². The largest absolute Gasteiger partial charge is 0.397 e. The van der Waals surface area contributed by atoms with Gasteiger partial charge in [0, 0.05) is 44.3 Å². The molecule has 104 valence electrons. The molecule has 0 aliphatic carbocycles. The Morgan fingerprint density at radius 1 is 1.00 bits per heavy atom. The van der Waals surface area contributed by atoms with Crippen LogP contribution < -0.4 is 15.5 Å². The molecule has 1 aliphatic heterocycles. The van der Waals surface area contributed by atoms with Crippen molar-refractivity contribution >= 4 is 17.2 Å². The van der Waals surface area contributed by atoms with E-state index in [-0.39, 0.29) is 0 Å². The van der Waals surface area contributed by atoms with Crippen LogP contribution in [0.2, 0.25) is 0 Å². The van der Waals surface area contributed by atoms with E-state index in [0.29, 0.717) is 5.69 Å². The first kappa shape index (κ1) is 12.7. The van der Waals surface area contributed by atoms with Gasteiger partial charge in [-0.3, -0.25) is 4.98 Å². The topological polar surface area (TPSA) is 58.3 Å². The molecule has 2 aromatic heterocycles. The lowest BCUT2D eigenvalue weighted by atomic mass is 10.2. The zero-order valence-corrected chi connectivity index (χ0v) is 11.7. The normalized spacial score (nSPS) is 15.4. The molecule has 2 N–H and O–H groups in total. The lowest BCUT2D eigenvalue weighted by molar-refractivity contribution is 0.646. The number of nitrogen functional groups attached to an aromatic ring is 1. The molecule has 0 unspecified atom stereocenters. The van der Waals surface area contributed by atoms with E-state index >= 15 is 0 Å². The molecule has 0 bridgehead atoms. The van der Waals surface area contributed by atoms with Gasteiger partial charge in [-0.2, -0.15) is 0 Å². The van der Waals surface area contributed by atoms with E-state index < -0.39 is 0 Å². The molecule has 20 heavy (non-hydrogen) atoms. The van der Waals surface area contributed by atoms with Gasteiger partial charge in [-0.25, -0.2) is 4.98 Å². The summed E-state index contributed by atoms with van der Waals surface area (Å²) < 4.78 is 0. The van der Waals surface area contributed by atoms with E-state index in [4.69, 9.17) is 5.73 Å². The number of pyridine rings is 2. The van der Waals surface area contributed by atoms with Gasteiger partial charge in [0.05, 0.1) is 11.9 Å². The van der Waals surface area contributed by atoms with Crippen LogP contribution in [0.5, 0.6) is 0 Å². The third kappa shape index (κ3) is 2.52. The molecule has 2 aromatic rings.